The lowest BCUT2D eigenvalue weighted by molar-refractivity contribution is 0.318. The second-order valence-electron chi connectivity index (χ2n) is 3.12. The van der Waals surface area contributed by atoms with Crippen molar-refractivity contribution in [3.8, 4) is 0 Å². The van der Waals surface area contributed by atoms with Gasteiger partial charge in [0.05, 0.1) is 17.4 Å². The Morgan fingerprint density at radius 2 is 2.17 bits per heavy atom. The molecule has 0 saturated carbocycles. The smallest absolute Gasteiger partial charge is 0.190 e. The third-order valence-electron chi connectivity index (χ3n) is 1.92. The number of aromatic nitrogens is 3. The minimum Gasteiger partial charge on any atom is -0.409 e. The molecule has 0 spiro atoms. The van der Waals surface area contributed by atoms with Crippen molar-refractivity contribution in [3.63, 3.8) is 0 Å². The van der Waals surface area contributed by atoms with E-state index in [9.17, 15) is 0 Å². The summed E-state index contributed by atoms with van der Waals surface area (Å²) in [6.45, 7) is 0. The summed E-state index contributed by atoms with van der Waals surface area (Å²) < 4.78 is 0. The van der Waals surface area contributed by atoms with Crippen LogP contribution in [-0.4, -0.2) is 26.0 Å². The van der Waals surface area contributed by atoms with Gasteiger partial charge < -0.3 is 10.9 Å². The quantitative estimate of drug-likeness (QED) is 0.385. The molecule has 8 heteroatoms. The summed E-state index contributed by atoms with van der Waals surface area (Å²) in [6.07, 6.45) is 4.56. The normalized spacial score (nSPS) is 11.5. The van der Waals surface area contributed by atoms with E-state index >= 15 is 0 Å². The Hall–Kier alpha value is -1.86. The lowest BCUT2D eigenvalue weighted by Crippen LogP contribution is -2.15. The van der Waals surface area contributed by atoms with Crippen molar-refractivity contribution in [2.24, 2.45) is 10.9 Å². The monoisotopic (exact) mass is 281 g/mol. The molecule has 2 rings (SSSR count). The highest BCUT2D eigenvalue weighted by Gasteiger charge is 2.06. The van der Waals surface area contributed by atoms with Gasteiger partial charge in [0.2, 0.25) is 0 Å². The lowest BCUT2D eigenvalue weighted by atomic mass is 10.4. The van der Waals surface area contributed by atoms with Gasteiger partial charge in [0.25, 0.3) is 0 Å². The Kier molecular flexibility index (Phi) is 3.96. The maximum atomic E-state index is 8.49. The highest BCUT2D eigenvalue weighted by Crippen LogP contribution is 2.29. The van der Waals surface area contributed by atoms with Crippen molar-refractivity contribution >= 4 is 29.2 Å². The zero-order valence-corrected chi connectivity index (χ0v) is 10.6. The van der Waals surface area contributed by atoms with Crippen molar-refractivity contribution < 1.29 is 5.21 Å². The number of oxime groups is 1. The summed E-state index contributed by atoms with van der Waals surface area (Å²) in [5.41, 5.74) is 5.68. The van der Waals surface area contributed by atoms with Gasteiger partial charge in [0, 0.05) is 6.20 Å². The molecule has 0 bridgehead atoms. The Morgan fingerprint density at radius 3 is 2.78 bits per heavy atom. The standard InChI is InChI=1S/C10H8ClN5OS/c11-6-2-1-3-13-10(6)18-8-5-14-7(4-15-8)9(12)16-17/h1-5,17H,(H2,12,16). The molecular weight excluding hydrogens is 274 g/mol. The van der Waals surface area contributed by atoms with Crippen LogP contribution in [0.3, 0.4) is 0 Å². The Labute approximate surface area is 112 Å². The van der Waals surface area contributed by atoms with Gasteiger partial charge in [-0.25, -0.2) is 15.0 Å². The molecule has 0 aromatic carbocycles. The van der Waals surface area contributed by atoms with E-state index in [0.29, 0.717) is 20.8 Å². The molecule has 0 saturated heterocycles. The number of halogens is 1. The summed E-state index contributed by atoms with van der Waals surface area (Å²) in [5.74, 6) is -0.0880. The van der Waals surface area contributed by atoms with E-state index in [0.717, 1.165) is 0 Å². The number of pyridine rings is 1. The van der Waals surface area contributed by atoms with Crippen LogP contribution in [0.4, 0.5) is 0 Å². The van der Waals surface area contributed by atoms with Crippen LogP contribution in [0.1, 0.15) is 5.69 Å². The van der Waals surface area contributed by atoms with E-state index in [1.807, 2.05) is 0 Å². The summed E-state index contributed by atoms with van der Waals surface area (Å²) in [5, 5.41) is 13.1. The Balaban J connectivity index is 2.19. The van der Waals surface area contributed by atoms with Crippen molar-refractivity contribution in [3.05, 3.63) is 41.4 Å². The summed E-state index contributed by atoms with van der Waals surface area (Å²) in [4.78, 5) is 12.2. The number of nitrogens with two attached hydrogens (primary N) is 1. The molecule has 92 valence electrons. The van der Waals surface area contributed by atoms with Crippen molar-refractivity contribution in [2.45, 2.75) is 10.1 Å². The van der Waals surface area contributed by atoms with Gasteiger partial charge in [-0.2, -0.15) is 0 Å². The maximum absolute atomic E-state index is 8.49. The molecule has 2 heterocycles. The van der Waals surface area contributed by atoms with Crippen LogP contribution in [0.25, 0.3) is 0 Å². The molecule has 18 heavy (non-hydrogen) atoms. The van der Waals surface area contributed by atoms with Gasteiger partial charge in [-0.15, -0.1) is 0 Å². The van der Waals surface area contributed by atoms with Crippen LogP contribution < -0.4 is 5.73 Å². The number of amidine groups is 1. The number of hydrogen-bond donors (Lipinski definition) is 2. The number of nitrogens with zero attached hydrogens (tertiary/aromatic N) is 4. The van der Waals surface area contributed by atoms with Gasteiger partial charge in [-0.3, -0.25) is 0 Å². The number of rotatable bonds is 3. The van der Waals surface area contributed by atoms with Crippen molar-refractivity contribution in [1.29, 1.82) is 0 Å². The Bertz CT molecular complexity index is 575. The van der Waals surface area contributed by atoms with Gasteiger partial charge in [0.15, 0.2) is 5.84 Å². The molecule has 0 unspecified atom stereocenters. The Morgan fingerprint density at radius 1 is 1.33 bits per heavy atom. The van der Waals surface area contributed by atoms with Crippen LogP contribution in [0.15, 0.2) is 45.9 Å². The van der Waals surface area contributed by atoms with Crippen molar-refractivity contribution in [2.75, 3.05) is 0 Å². The third-order valence-corrected chi connectivity index (χ3v) is 3.28. The summed E-state index contributed by atoms with van der Waals surface area (Å²) >= 11 is 7.26. The highest BCUT2D eigenvalue weighted by molar-refractivity contribution is 7.99. The first kappa shape index (κ1) is 12.6. The molecule has 0 fully saturated rings. The molecule has 6 nitrogen and oxygen atoms in total. The molecule has 3 N–H and O–H groups in total. The van der Waals surface area contributed by atoms with Gasteiger partial charge in [0.1, 0.15) is 15.7 Å². The van der Waals surface area contributed by atoms with Crippen LogP contribution in [0.5, 0.6) is 0 Å². The molecule has 0 atom stereocenters. The first-order chi connectivity index (χ1) is 8.70. The van der Waals surface area contributed by atoms with Gasteiger partial charge in [-0.05, 0) is 23.9 Å². The van der Waals surface area contributed by atoms with Gasteiger partial charge in [-0.1, -0.05) is 16.8 Å². The lowest BCUT2D eigenvalue weighted by Gasteiger charge is -2.02. The van der Waals surface area contributed by atoms with Crippen LogP contribution in [0.2, 0.25) is 5.02 Å². The van der Waals surface area contributed by atoms with E-state index in [-0.39, 0.29) is 5.84 Å². The summed E-state index contributed by atoms with van der Waals surface area (Å²) in [6, 6.07) is 3.49. The molecule has 0 aliphatic rings. The van der Waals surface area contributed by atoms with Gasteiger partial charge >= 0.3 is 0 Å². The first-order valence-electron chi connectivity index (χ1n) is 4.79. The molecule has 0 amide bonds. The predicted octanol–water partition coefficient (Wildman–Crippen LogP) is 1.77. The van der Waals surface area contributed by atoms with E-state index in [2.05, 4.69) is 20.1 Å². The average Bonchev–Trinajstić information content (AvgIpc) is 2.41. The fraction of sp³-hybridized carbons (Fsp3) is 0. The molecular formula is C10H8ClN5OS. The molecule has 2 aromatic rings. The second kappa shape index (κ2) is 5.65. The number of hydrogen-bond acceptors (Lipinski definition) is 6. The van der Waals surface area contributed by atoms with Crippen LogP contribution in [0, 0.1) is 0 Å². The second-order valence-corrected chi connectivity index (χ2v) is 4.53. The van der Waals surface area contributed by atoms with E-state index < -0.39 is 0 Å². The largest absolute Gasteiger partial charge is 0.409 e. The highest BCUT2D eigenvalue weighted by atomic mass is 35.5. The molecule has 0 aliphatic heterocycles. The minimum atomic E-state index is -0.0880. The van der Waals surface area contributed by atoms with E-state index in [1.54, 1.807) is 18.3 Å². The topological polar surface area (TPSA) is 97.3 Å². The first-order valence-corrected chi connectivity index (χ1v) is 5.98. The zero-order valence-electron chi connectivity index (χ0n) is 8.99. The van der Waals surface area contributed by atoms with Crippen molar-refractivity contribution in [1.82, 2.24) is 15.0 Å². The third kappa shape index (κ3) is 2.88. The fourth-order valence-corrected chi connectivity index (χ4v) is 2.02. The molecule has 2 aromatic heterocycles. The minimum absolute atomic E-state index is 0.0880. The molecule has 0 radical (unpaired) electrons. The zero-order chi connectivity index (χ0) is 13.0. The average molecular weight is 282 g/mol. The van der Waals surface area contributed by atoms with Crippen LogP contribution >= 0.6 is 23.4 Å². The van der Waals surface area contributed by atoms with E-state index in [1.165, 1.54) is 24.2 Å². The predicted molar refractivity (Wildman–Crippen MR) is 67.9 cm³/mol. The summed E-state index contributed by atoms with van der Waals surface area (Å²) in [7, 11) is 0. The molecule has 0 aliphatic carbocycles. The van der Waals surface area contributed by atoms with Crippen LogP contribution in [-0.2, 0) is 0 Å². The maximum Gasteiger partial charge on any atom is 0.190 e. The SMILES string of the molecule is NC(=NO)c1cnc(Sc2ncccc2Cl)cn1. The van der Waals surface area contributed by atoms with E-state index in [4.69, 9.17) is 22.5 Å². The fourth-order valence-electron chi connectivity index (χ4n) is 1.10.